The third-order valence-corrected chi connectivity index (χ3v) is 4.10. The molecule has 1 heterocycles. The number of aliphatic hydroxyl groups excluding tert-OH is 1. The fourth-order valence-corrected chi connectivity index (χ4v) is 2.73. The second kappa shape index (κ2) is 5.96. The molecule has 1 atom stereocenters. The van der Waals surface area contributed by atoms with Gasteiger partial charge in [-0.2, -0.15) is 0 Å². The maximum Gasteiger partial charge on any atom is 0.293 e. The zero-order valence-electron chi connectivity index (χ0n) is 11.7. The predicted molar refractivity (Wildman–Crippen MR) is 86.0 cm³/mol. The molecule has 0 bridgehead atoms. The largest absolute Gasteiger partial charge is 0.507 e. The summed E-state index contributed by atoms with van der Waals surface area (Å²) in [6, 6.07) is 11.3. The highest BCUT2D eigenvalue weighted by Gasteiger charge is 2.39. The first kappa shape index (κ1) is 15.4. The Labute approximate surface area is 139 Å². The minimum atomic E-state index is -0.880. The van der Waals surface area contributed by atoms with Crippen LogP contribution in [0.5, 0.6) is 0 Å². The number of hydrogen-bond donors (Lipinski definition) is 2. The summed E-state index contributed by atoms with van der Waals surface area (Å²) >= 11 is 3.28. The molecule has 0 aliphatic carbocycles. The molecule has 0 aromatic heterocycles. The van der Waals surface area contributed by atoms with Crippen molar-refractivity contribution < 1.29 is 19.1 Å². The van der Waals surface area contributed by atoms with Crippen molar-refractivity contribution in [3.8, 4) is 0 Å². The van der Waals surface area contributed by atoms with Gasteiger partial charge in [-0.3, -0.25) is 9.59 Å². The van der Waals surface area contributed by atoms with Gasteiger partial charge in [0.05, 0.1) is 11.6 Å². The fourth-order valence-electron chi connectivity index (χ4n) is 2.47. The summed E-state index contributed by atoms with van der Waals surface area (Å²) in [7, 11) is 0. The van der Waals surface area contributed by atoms with Gasteiger partial charge >= 0.3 is 0 Å². The molecule has 0 saturated carbocycles. The Morgan fingerprint density at radius 3 is 2.48 bits per heavy atom. The maximum atomic E-state index is 13.4. The van der Waals surface area contributed by atoms with Crippen LogP contribution in [0.15, 0.2) is 58.6 Å². The van der Waals surface area contributed by atoms with Crippen LogP contribution < -0.4 is 5.32 Å². The van der Waals surface area contributed by atoms with E-state index in [2.05, 4.69) is 21.2 Å². The normalized spacial score (nSPS) is 19.7. The van der Waals surface area contributed by atoms with Crippen molar-refractivity contribution in [1.29, 1.82) is 0 Å². The Morgan fingerprint density at radius 2 is 1.83 bits per heavy atom. The molecule has 1 aliphatic heterocycles. The van der Waals surface area contributed by atoms with Crippen LogP contribution in [0, 0.1) is 5.82 Å². The lowest BCUT2D eigenvalue weighted by atomic mass is 9.96. The third kappa shape index (κ3) is 2.90. The summed E-state index contributed by atoms with van der Waals surface area (Å²) in [5.74, 6) is -2.42. The van der Waals surface area contributed by atoms with E-state index in [-0.39, 0.29) is 11.3 Å². The molecule has 1 fully saturated rings. The van der Waals surface area contributed by atoms with Gasteiger partial charge in [0.15, 0.2) is 0 Å². The van der Waals surface area contributed by atoms with E-state index in [1.54, 1.807) is 30.3 Å². The third-order valence-electron chi connectivity index (χ3n) is 3.57. The van der Waals surface area contributed by atoms with E-state index < -0.39 is 23.5 Å². The van der Waals surface area contributed by atoms with Crippen molar-refractivity contribution in [1.82, 2.24) is 5.32 Å². The van der Waals surface area contributed by atoms with Crippen LogP contribution in [0.4, 0.5) is 4.39 Å². The molecule has 3 rings (SSSR count). The number of benzene rings is 2. The molecule has 1 saturated heterocycles. The van der Waals surface area contributed by atoms with Crippen LogP contribution >= 0.6 is 15.9 Å². The van der Waals surface area contributed by atoms with Gasteiger partial charge in [-0.05, 0) is 29.8 Å². The monoisotopic (exact) mass is 375 g/mol. The minimum absolute atomic E-state index is 0.0806. The average molecular weight is 376 g/mol. The van der Waals surface area contributed by atoms with E-state index >= 15 is 0 Å². The molecule has 116 valence electrons. The first-order valence-electron chi connectivity index (χ1n) is 6.77. The molecule has 4 nitrogen and oxygen atoms in total. The van der Waals surface area contributed by atoms with Gasteiger partial charge in [-0.15, -0.1) is 0 Å². The second-order valence-electron chi connectivity index (χ2n) is 5.06. The van der Waals surface area contributed by atoms with E-state index in [0.29, 0.717) is 11.1 Å². The first-order chi connectivity index (χ1) is 11.0. The lowest BCUT2D eigenvalue weighted by Crippen LogP contribution is -2.21. The number of rotatable bonds is 2. The van der Waals surface area contributed by atoms with E-state index in [9.17, 15) is 19.1 Å². The molecular formula is C17H11BrFNO3. The van der Waals surface area contributed by atoms with Crippen LogP contribution in [0.2, 0.25) is 0 Å². The Morgan fingerprint density at radius 1 is 1.13 bits per heavy atom. The molecule has 2 aromatic carbocycles. The standard InChI is InChI=1S/C17H11BrFNO3/c18-11-6-4-9(5-7-11)15(21)13-14(20-17(23)16(13)22)10-2-1-3-12(19)8-10/h1-8,14,21H,(H,20,23)/b15-13-. The Hall–Kier alpha value is -2.47. The molecule has 2 N–H and O–H groups in total. The van der Waals surface area contributed by atoms with Crippen molar-refractivity contribution in [3.05, 3.63) is 75.5 Å². The molecule has 6 heteroatoms. The number of hydrogen-bond acceptors (Lipinski definition) is 3. The number of Topliss-reactive ketones (excluding diaryl/α,β-unsaturated/α-hetero) is 1. The van der Waals surface area contributed by atoms with Crippen molar-refractivity contribution in [2.24, 2.45) is 0 Å². The molecule has 0 spiro atoms. The smallest absolute Gasteiger partial charge is 0.293 e. The molecule has 23 heavy (non-hydrogen) atoms. The number of carbonyl (C=O) groups excluding carboxylic acids is 2. The number of amides is 1. The van der Waals surface area contributed by atoms with Gasteiger partial charge in [0.25, 0.3) is 11.7 Å². The van der Waals surface area contributed by atoms with Crippen molar-refractivity contribution in [3.63, 3.8) is 0 Å². The Balaban J connectivity index is 2.12. The van der Waals surface area contributed by atoms with Gasteiger partial charge in [-0.1, -0.05) is 40.2 Å². The average Bonchev–Trinajstić information content (AvgIpc) is 2.83. The highest BCUT2D eigenvalue weighted by Crippen LogP contribution is 2.33. The molecule has 1 unspecified atom stereocenters. The topological polar surface area (TPSA) is 66.4 Å². The van der Waals surface area contributed by atoms with E-state index in [0.717, 1.165) is 4.47 Å². The fraction of sp³-hybridized carbons (Fsp3) is 0.0588. The summed E-state index contributed by atoms with van der Waals surface area (Å²) in [5, 5.41) is 12.9. The first-order valence-corrected chi connectivity index (χ1v) is 7.56. The maximum absolute atomic E-state index is 13.4. The number of aliphatic hydroxyl groups is 1. The molecule has 1 aliphatic rings. The molecule has 2 aromatic rings. The zero-order chi connectivity index (χ0) is 16.6. The zero-order valence-corrected chi connectivity index (χ0v) is 13.3. The van der Waals surface area contributed by atoms with Crippen LogP contribution in [-0.2, 0) is 9.59 Å². The number of carbonyl (C=O) groups is 2. The summed E-state index contributed by atoms with van der Waals surface area (Å²) < 4.78 is 14.2. The predicted octanol–water partition coefficient (Wildman–Crippen LogP) is 3.30. The molecule has 1 amide bonds. The number of halogens is 2. The lowest BCUT2D eigenvalue weighted by Gasteiger charge is -2.13. The van der Waals surface area contributed by atoms with Gasteiger partial charge < -0.3 is 10.4 Å². The van der Waals surface area contributed by atoms with Gasteiger partial charge in [0, 0.05) is 10.0 Å². The van der Waals surface area contributed by atoms with Crippen molar-refractivity contribution >= 4 is 33.4 Å². The van der Waals surface area contributed by atoms with Crippen molar-refractivity contribution in [2.45, 2.75) is 6.04 Å². The summed E-state index contributed by atoms with van der Waals surface area (Å²) in [5.41, 5.74) is 0.709. The highest BCUT2D eigenvalue weighted by atomic mass is 79.9. The van der Waals surface area contributed by atoms with Crippen LogP contribution in [0.1, 0.15) is 17.2 Å². The van der Waals surface area contributed by atoms with E-state index in [1.807, 2.05) is 0 Å². The Kier molecular flexibility index (Phi) is 4.00. The quantitative estimate of drug-likeness (QED) is 0.480. The van der Waals surface area contributed by atoms with Crippen LogP contribution in [0.3, 0.4) is 0 Å². The lowest BCUT2D eigenvalue weighted by molar-refractivity contribution is -0.133. The van der Waals surface area contributed by atoms with Gasteiger partial charge in [0.1, 0.15) is 11.6 Å². The van der Waals surface area contributed by atoms with E-state index in [1.165, 1.54) is 18.2 Å². The second-order valence-corrected chi connectivity index (χ2v) is 5.98. The number of nitrogens with one attached hydrogen (secondary N) is 1. The summed E-state index contributed by atoms with van der Waals surface area (Å²) in [4.78, 5) is 23.9. The summed E-state index contributed by atoms with van der Waals surface area (Å²) in [6.45, 7) is 0. The summed E-state index contributed by atoms with van der Waals surface area (Å²) in [6.07, 6.45) is 0. The Bertz CT molecular complexity index is 830. The minimum Gasteiger partial charge on any atom is -0.507 e. The van der Waals surface area contributed by atoms with E-state index in [4.69, 9.17) is 0 Å². The molecular weight excluding hydrogens is 365 g/mol. The SMILES string of the molecule is O=C1NC(c2cccc(F)c2)/C(=C(/O)c2ccc(Br)cc2)C1=O. The van der Waals surface area contributed by atoms with Crippen LogP contribution in [0.25, 0.3) is 5.76 Å². The number of ketones is 1. The van der Waals surface area contributed by atoms with Crippen molar-refractivity contribution in [2.75, 3.05) is 0 Å². The van der Waals surface area contributed by atoms with Gasteiger partial charge in [0.2, 0.25) is 0 Å². The highest BCUT2D eigenvalue weighted by molar-refractivity contribution is 9.10. The molecule has 0 radical (unpaired) electrons. The van der Waals surface area contributed by atoms with Gasteiger partial charge in [-0.25, -0.2) is 4.39 Å². The van der Waals surface area contributed by atoms with Crippen LogP contribution in [-0.4, -0.2) is 16.8 Å².